The average molecular weight is 519 g/mol. The maximum atomic E-state index is 13.7. The van der Waals surface area contributed by atoms with Gasteiger partial charge in [-0.3, -0.25) is 0 Å². The van der Waals surface area contributed by atoms with Crippen LogP contribution in [0.15, 0.2) is 84.9 Å². The molecule has 39 heavy (non-hydrogen) atoms. The summed E-state index contributed by atoms with van der Waals surface area (Å²) < 4.78 is 12.6. The fraction of sp³-hybridized carbons (Fsp3) is 0.265. The van der Waals surface area contributed by atoms with Gasteiger partial charge < -0.3 is 19.7 Å². The monoisotopic (exact) mass is 518 g/mol. The van der Waals surface area contributed by atoms with Crippen LogP contribution in [0.2, 0.25) is 0 Å². The molecule has 1 N–H and O–H groups in total. The number of nitrogens with one attached hydrogen (secondary N) is 1. The molecule has 0 fully saturated rings. The van der Waals surface area contributed by atoms with Crippen LogP contribution in [-0.4, -0.2) is 19.1 Å². The molecule has 0 aromatic heterocycles. The van der Waals surface area contributed by atoms with Crippen LogP contribution in [0.4, 0.5) is 17.1 Å². The minimum atomic E-state index is -1.07. The Morgan fingerprint density at radius 1 is 0.846 bits per heavy atom. The van der Waals surface area contributed by atoms with Gasteiger partial charge in [0, 0.05) is 41.2 Å². The number of benzene rings is 4. The summed E-state index contributed by atoms with van der Waals surface area (Å²) in [6, 6.07) is 28.1. The van der Waals surface area contributed by atoms with Crippen LogP contribution < -0.4 is 15.0 Å². The molecule has 5 nitrogen and oxygen atoms in total. The smallest absolute Gasteiger partial charge is 0.342 e. The Morgan fingerprint density at radius 3 is 2.18 bits per heavy atom. The lowest BCUT2D eigenvalue weighted by molar-refractivity contribution is 0.0225. The van der Waals surface area contributed by atoms with Crippen LogP contribution in [0.25, 0.3) is 0 Å². The topological polar surface area (TPSA) is 50.8 Å². The van der Waals surface area contributed by atoms with Crippen LogP contribution in [-0.2, 0) is 10.3 Å². The fourth-order valence-corrected chi connectivity index (χ4v) is 5.74. The molecule has 6 rings (SSSR count). The molecule has 1 spiro atoms. The summed E-state index contributed by atoms with van der Waals surface area (Å²) in [5.74, 6) is 1.69. The Balaban J connectivity index is 1.44. The largest absolute Gasteiger partial charge is 0.456 e. The number of aryl methyl sites for hydroxylation is 1. The number of nitrogens with zero attached hydrogens (tertiary/aromatic N) is 1. The summed E-state index contributed by atoms with van der Waals surface area (Å²) in [7, 11) is 0. The highest BCUT2D eigenvalue weighted by Gasteiger charge is 2.54. The third-order valence-electron chi connectivity index (χ3n) is 7.86. The molecule has 0 radical (unpaired) electrons. The molecule has 2 aliphatic heterocycles. The fourth-order valence-electron chi connectivity index (χ4n) is 5.74. The van der Waals surface area contributed by atoms with Crippen molar-refractivity contribution in [3.63, 3.8) is 0 Å². The molecular weight excluding hydrogens is 484 g/mol. The molecule has 0 atom stereocenters. The maximum Gasteiger partial charge on any atom is 0.342 e. The van der Waals surface area contributed by atoms with Crippen LogP contribution in [0.5, 0.6) is 11.5 Å². The summed E-state index contributed by atoms with van der Waals surface area (Å²) in [4.78, 5) is 16.1. The highest BCUT2D eigenvalue weighted by atomic mass is 16.6. The molecule has 0 amide bonds. The highest BCUT2D eigenvalue weighted by molar-refractivity contribution is 6.03. The average Bonchev–Trinajstić information content (AvgIpc) is 3.24. The van der Waals surface area contributed by atoms with Gasteiger partial charge in [0.05, 0.1) is 11.3 Å². The zero-order valence-electron chi connectivity index (χ0n) is 23.0. The number of para-hydroxylation sites is 2. The molecule has 4 aromatic carbocycles. The van der Waals surface area contributed by atoms with E-state index in [1.807, 2.05) is 66.7 Å². The van der Waals surface area contributed by atoms with Crippen molar-refractivity contribution in [1.82, 2.24) is 0 Å². The van der Waals surface area contributed by atoms with Gasteiger partial charge in [0.15, 0.2) is 5.60 Å². The number of rotatable bonds is 7. The first-order valence-electron chi connectivity index (χ1n) is 13.8. The first-order valence-corrected chi connectivity index (χ1v) is 13.8. The number of esters is 1. The molecular formula is C34H34N2O3. The molecule has 5 heteroatoms. The molecule has 0 bridgehead atoms. The van der Waals surface area contributed by atoms with Crippen molar-refractivity contribution in [3.8, 4) is 11.5 Å². The van der Waals surface area contributed by atoms with E-state index in [4.69, 9.17) is 9.47 Å². The number of hydrogen-bond donors (Lipinski definition) is 1. The molecule has 2 aliphatic rings. The Morgan fingerprint density at radius 2 is 1.51 bits per heavy atom. The minimum Gasteiger partial charge on any atom is -0.456 e. The first-order chi connectivity index (χ1) is 18.9. The number of ether oxygens (including phenoxy) is 2. The number of carbonyl (C=O) groups is 1. The van der Waals surface area contributed by atoms with E-state index in [0.717, 1.165) is 53.1 Å². The quantitative estimate of drug-likeness (QED) is 0.250. The summed E-state index contributed by atoms with van der Waals surface area (Å²) in [6.45, 7) is 10.7. The van der Waals surface area contributed by atoms with Gasteiger partial charge in [-0.1, -0.05) is 68.4 Å². The van der Waals surface area contributed by atoms with E-state index in [9.17, 15) is 4.79 Å². The van der Waals surface area contributed by atoms with Crippen LogP contribution in [0.1, 0.15) is 59.8 Å². The van der Waals surface area contributed by atoms with Gasteiger partial charge in [0.25, 0.3) is 0 Å². The lowest BCUT2D eigenvalue weighted by Crippen LogP contribution is -2.32. The molecule has 4 aromatic rings. The van der Waals surface area contributed by atoms with E-state index >= 15 is 0 Å². The minimum absolute atomic E-state index is 0.347. The molecule has 0 saturated carbocycles. The second kappa shape index (κ2) is 9.81. The van der Waals surface area contributed by atoms with Crippen molar-refractivity contribution in [1.29, 1.82) is 0 Å². The van der Waals surface area contributed by atoms with Crippen molar-refractivity contribution >= 4 is 23.0 Å². The van der Waals surface area contributed by atoms with Crippen molar-refractivity contribution in [3.05, 3.63) is 113 Å². The first kappa shape index (κ1) is 25.1. The lowest BCUT2D eigenvalue weighted by Gasteiger charge is -2.36. The predicted octanol–water partition coefficient (Wildman–Crippen LogP) is 8.18. The van der Waals surface area contributed by atoms with Crippen molar-refractivity contribution in [2.24, 2.45) is 5.92 Å². The second-order valence-electron chi connectivity index (χ2n) is 10.8. The Bertz CT molecular complexity index is 1510. The summed E-state index contributed by atoms with van der Waals surface area (Å²) in [6.07, 6.45) is 1.14. The van der Waals surface area contributed by atoms with Gasteiger partial charge in [-0.05, 0) is 62.1 Å². The zero-order valence-corrected chi connectivity index (χ0v) is 23.0. The second-order valence-corrected chi connectivity index (χ2v) is 10.8. The van der Waals surface area contributed by atoms with Gasteiger partial charge in [0.1, 0.15) is 11.5 Å². The van der Waals surface area contributed by atoms with Crippen molar-refractivity contribution in [2.45, 2.75) is 39.7 Å². The van der Waals surface area contributed by atoms with Crippen molar-refractivity contribution < 1.29 is 14.3 Å². The van der Waals surface area contributed by atoms with E-state index < -0.39 is 5.60 Å². The maximum absolute atomic E-state index is 13.7. The standard InChI is InChI=1S/C34H34N2O3/c1-5-36(20-19-22(2)3)24-18-17-23(4)29(21-24)35-28-14-10-13-27-32(28)33(37)39-34(27)25-11-6-8-15-30(25)38-31-16-9-7-12-26(31)34/h6-18,21-22,35H,5,19-20H2,1-4H3. The van der Waals surface area contributed by atoms with Gasteiger partial charge in [-0.25, -0.2) is 4.79 Å². The van der Waals surface area contributed by atoms with Gasteiger partial charge in [-0.2, -0.15) is 0 Å². The molecule has 198 valence electrons. The summed E-state index contributed by atoms with van der Waals surface area (Å²) in [5, 5.41) is 3.60. The molecule has 0 aliphatic carbocycles. The molecule has 2 heterocycles. The van der Waals surface area contributed by atoms with Gasteiger partial charge in [-0.15, -0.1) is 0 Å². The van der Waals surface area contributed by atoms with Gasteiger partial charge in [0.2, 0.25) is 0 Å². The summed E-state index contributed by atoms with van der Waals surface area (Å²) >= 11 is 0. The van der Waals surface area contributed by atoms with Crippen LogP contribution in [0.3, 0.4) is 0 Å². The predicted molar refractivity (Wildman–Crippen MR) is 157 cm³/mol. The zero-order chi connectivity index (χ0) is 27.1. The number of fused-ring (bicyclic) bond motifs is 6. The molecule has 0 unspecified atom stereocenters. The normalized spacial score (nSPS) is 14.3. The van der Waals surface area contributed by atoms with Crippen molar-refractivity contribution in [2.75, 3.05) is 23.3 Å². The third-order valence-corrected chi connectivity index (χ3v) is 7.86. The highest BCUT2D eigenvalue weighted by Crippen LogP contribution is 2.56. The number of hydrogen-bond acceptors (Lipinski definition) is 5. The Kier molecular flexibility index (Phi) is 6.30. The van der Waals surface area contributed by atoms with Crippen LogP contribution >= 0.6 is 0 Å². The Hall–Kier alpha value is -4.25. The number of anilines is 3. The summed E-state index contributed by atoms with van der Waals surface area (Å²) in [5.41, 5.74) is 5.96. The van der Waals surface area contributed by atoms with E-state index in [2.05, 4.69) is 56.1 Å². The van der Waals surface area contributed by atoms with E-state index in [0.29, 0.717) is 23.0 Å². The van der Waals surface area contributed by atoms with Gasteiger partial charge >= 0.3 is 5.97 Å². The van der Waals surface area contributed by atoms with Crippen LogP contribution in [0, 0.1) is 12.8 Å². The van der Waals surface area contributed by atoms with E-state index in [1.54, 1.807) is 0 Å². The molecule has 0 saturated heterocycles. The third kappa shape index (κ3) is 4.13. The van der Waals surface area contributed by atoms with E-state index in [1.165, 1.54) is 5.69 Å². The van der Waals surface area contributed by atoms with E-state index in [-0.39, 0.29) is 5.97 Å². The lowest BCUT2D eigenvalue weighted by atomic mass is 9.77. The SMILES string of the molecule is CCN(CCC(C)C)c1ccc(C)c(Nc2cccc3c2C(=O)OC32c3ccccc3Oc3ccccc32)c1. The number of carbonyl (C=O) groups excluding carboxylic acids is 1. The Labute approximate surface area is 230 Å².